The Morgan fingerprint density at radius 1 is 1.43 bits per heavy atom. The van der Waals surface area contributed by atoms with Crippen LogP contribution >= 0.6 is 11.3 Å². The molecule has 0 bridgehead atoms. The van der Waals surface area contributed by atoms with Crippen molar-refractivity contribution in [3.8, 4) is 0 Å². The van der Waals surface area contributed by atoms with Crippen molar-refractivity contribution < 1.29 is 0 Å². The van der Waals surface area contributed by atoms with Gasteiger partial charge in [-0.1, -0.05) is 13.8 Å². The number of hydrogen-bond donors (Lipinski definition) is 1. The Balaban J connectivity index is 2.43. The molecule has 0 saturated carbocycles. The van der Waals surface area contributed by atoms with Gasteiger partial charge in [0, 0.05) is 17.5 Å². The van der Waals surface area contributed by atoms with Crippen molar-refractivity contribution in [3.05, 3.63) is 16.1 Å². The molecule has 0 aromatic carbocycles. The quantitative estimate of drug-likeness (QED) is 0.811. The molecule has 14 heavy (non-hydrogen) atoms. The van der Waals surface area contributed by atoms with E-state index in [1.165, 1.54) is 5.01 Å². The van der Waals surface area contributed by atoms with Gasteiger partial charge in [0.25, 0.3) is 0 Å². The van der Waals surface area contributed by atoms with Crippen LogP contribution in [-0.4, -0.2) is 18.6 Å². The first kappa shape index (κ1) is 11.7. The van der Waals surface area contributed by atoms with Crippen molar-refractivity contribution >= 4 is 11.3 Å². The van der Waals surface area contributed by atoms with Gasteiger partial charge in [0.2, 0.25) is 0 Å². The van der Waals surface area contributed by atoms with E-state index in [1.54, 1.807) is 11.3 Å². The number of nitrogens with one attached hydrogen (secondary N) is 1. The molecule has 1 heterocycles. The van der Waals surface area contributed by atoms with E-state index in [9.17, 15) is 0 Å². The van der Waals surface area contributed by atoms with Crippen LogP contribution in [-0.2, 0) is 6.42 Å². The highest BCUT2D eigenvalue weighted by atomic mass is 32.1. The second-order valence-corrected chi connectivity index (χ2v) is 5.04. The molecule has 1 rings (SSSR count). The Labute approximate surface area is 90.8 Å². The average Bonchev–Trinajstić information content (AvgIpc) is 2.51. The summed E-state index contributed by atoms with van der Waals surface area (Å²) in [6.45, 7) is 7.74. The molecule has 0 aliphatic carbocycles. The highest BCUT2D eigenvalue weighted by Gasteiger charge is 2.13. The third kappa shape index (κ3) is 3.39. The summed E-state index contributed by atoms with van der Waals surface area (Å²) in [5.41, 5.74) is 1.15. The van der Waals surface area contributed by atoms with E-state index >= 15 is 0 Å². The van der Waals surface area contributed by atoms with Gasteiger partial charge in [-0.15, -0.1) is 11.3 Å². The van der Waals surface area contributed by atoms with Crippen LogP contribution in [0.15, 0.2) is 5.38 Å². The van der Waals surface area contributed by atoms with E-state index in [4.69, 9.17) is 0 Å². The third-order valence-corrected chi connectivity index (χ3v) is 3.65. The number of aryl methyl sites for hydroxylation is 1. The lowest BCUT2D eigenvalue weighted by atomic mass is 9.93. The first-order valence-corrected chi connectivity index (χ1v) is 6.07. The van der Waals surface area contributed by atoms with E-state index in [0.29, 0.717) is 11.8 Å². The molecule has 2 unspecified atom stereocenters. The Bertz CT molecular complexity index is 270. The lowest BCUT2D eigenvalue weighted by Crippen LogP contribution is -2.23. The van der Waals surface area contributed by atoms with Gasteiger partial charge in [0.15, 0.2) is 0 Å². The van der Waals surface area contributed by atoms with Crippen LogP contribution in [0.5, 0.6) is 0 Å². The molecule has 1 aromatic rings. The van der Waals surface area contributed by atoms with E-state index in [-0.39, 0.29) is 0 Å². The molecule has 0 radical (unpaired) electrons. The minimum Gasteiger partial charge on any atom is -0.319 e. The van der Waals surface area contributed by atoms with Gasteiger partial charge in [-0.2, -0.15) is 0 Å². The van der Waals surface area contributed by atoms with Gasteiger partial charge < -0.3 is 5.32 Å². The maximum absolute atomic E-state index is 4.49. The van der Waals surface area contributed by atoms with E-state index in [1.807, 2.05) is 7.05 Å². The summed E-state index contributed by atoms with van der Waals surface area (Å²) in [5, 5.41) is 6.63. The monoisotopic (exact) mass is 212 g/mol. The molecule has 0 amide bonds. The Kier molecular flexibility index (Phi) is 4.55. The fraction of sp³-hybridized carbons (Fsp3) is 0.727. The molecule has 2 atom stereocenters. The predicted molar refractivity (Wildman–Crippen MR) is 62.8 cm³/mol. The Hall–Kier alpha value is -0.410. The molecule has 1 N–H and O–H groups in total. The summed E-state index contributed by atoms with van der Waals surface area (Å²) in [4.78, 5) is 4.49. The summed E-state index contributed by atoms with van der Waals surface area (Å²) >= 11 is 1.78. The standard InChI is InChI=1S/C11H20N2S/c1-8(9(2)6-12-4)5-11-13-10(3)7-14-11/h7-9,12H,5-6H2,1-4H3. The van der Waals surface area contributed by atoms with Crippen LogP contribution in [0.4, 0.5) is 0 Å². The summed E-state index contributed by atoms with van der Waals surface area (Å²) in [6.07, 6.45) is 1.11. The molecule has 0 aliphatic rings. The first-order valence-electron chi connectivity index (χ1n) is 5.19. The second-order valence-electron chi connectivity index (χ2n) is 4.10. The highest BCUT2D eigenvalue weighted by molar-refractivity contribution is 7.09. The summed E-state index contributed by atoms with van der Waals surface area (Å²) < 4.78 is 0. The van der Waals surface area contributed by atoms with Crippen molar-refractivity contribution in [3.63, 3.8) is 0 Å². The van der Waals surface area contributed by atoms with E-state index < -0.39 is 0 Å². The topological polar surface area (TPSA) is 24.9 Å². The van der Waals surface area contributed by atoms with Gasteiger partial charge in [-0.3, -0.25) is 0 Å². The zero-order valence-corrected chi connectivity index (χ0v) is 10.3. The van der Waals surface area contributed by atoms with Gasteiger partial charge in [0.1, 0.15) is 0 Å². The van der Waals surface area contributed by atoms with Crippen molar-refractivity contribution in [2.24, 2.45) is 11.8 Å². The number of rotatable bonds is 5. The largest absolute Gasteiger partial charge is 0.319 e. The zero-order chi connectivity index (χ0) is 10.6. The van der Waals surface area contributed by atoms with Crippen LogP contribution < -0.4 is 5.32 Å². The summed E-state index contributed by atoms with van der Waals surface area (Å²) in [6, 6.07) is 0. The van der Waals surface area contributed by atoms with Crippen LogP contribution in [0.3, 0.4) is 0 Å². The molecule has 3 heteroatoms. The Morgan fingerprint density at radius 3 is 2.64 bits per heavy atom. The van der Waals surface area contributed by atoms with Crippen molar-refractivity contribution in [2.75, 3.05) is 13.6 Å². The molecule has 80 valence electrons. The number of hydrogen-bond acceptors (Lipinski definition) is 3. The molecular formula is C11H20N2S. The lowest BCUT2D eigenvalue weighted by Gasteiger charge is -2.18. The van der Waals surface area contributed by atoms with Crippen LogP contribution in [0.2, 0.25) is 0 Å². The highest BCUT2D eigenvalue weighted by Crippen LogP contribution is 2.19. The number of aromatic nitrogens is 1. The lowest BCUT2D eigenvalue weighted by molar-refractivity contribution is 0.374. The van der Waals surface area contributed by atoms with E-state index in [2.05, 4.69) is 36.5 Å². The van der Waals surface area contributed by atoms with Crippen molar-refractivity contribution in [2.45, 2.75) is 27.2 Å². The summed E-state index contributed by atoms with van der Waals surface area (Å²) in [5.74, 6) is 1.41. The predicted octanol–water partition coefficient (Wildman–Crippen LogP) is 2.49. The molecule has 0 fully saturated rings. The van der Waals surface area contributed by atoms with E-state index in [0.717, 1.165) is 18.7 Å². The Morgan fingerprint density at radius 2 is 2.14 bits per heavy atom. The van der Waals surface area contributed by atoms with Crippen molar-refractivity contribution in [1.82, 2.24) is 10.3 Å². The zero-order valence-electron chi connectivity index (χ0n) is 9.50. The average molecular weight is 212 g/mol. The van der Waals surface area contributed by atoms with Crippen LogP contribution in [0.25, 0.3) is 0 Å². The van der Waals surface area contributed by atoms with Crippen LogP contribution in [0.1, 0.15) is 24.5 Å². The maximum Gasteiger partial charge on any atom is 0.0930 e. The molecular weight excluding hydrogens is 192 g/mol. The minimum atomic E-state index is 0.702. The first-order chi connectivity index (χ1) is 6.63. The number of thiazole rings is 1. The fourth-order valence-corrected chi connectivity index (χ4v) is 2.41. The molecule has 0 aliphatic heterocycles. The third-order valence-electron chi connectivity index (χ3n) is 2.66. The second kappa shape index (κ2) is 5.47. The van der Waals surface area contributed by atoms with Crippen molar-refractivity contribution in [1.29, 1.82) is 0 Å². The van der Waals surface area contributed by atoms with Crippen LogP contribution in [0, 0.1) is 18.8 Å². The molecule has 0 spiro atoms. The van der Waals surface area contributed by atoms with Gasteiger partial charge in [-0.25, -0.2) is 4.98 Å². The summed E-state index contributed by atoms with van der Waals surface area (Å²) in [7, 11) is 2.01. The molecule has 1 aromatic heterocycles. The molecule has 2 nitrogen and oxygen atoms in total. The fourth-order valence-electron chi connectivity index (χ4n) is 1.50. The van der Waals surface area contributed by atoms with Gasteiger partial charge >= 0.3 is 0 Å². The minimum absolute atomic E-state index is 0.702. The maximum atomic E-state index is 4.49. The normalized spacial score (nSPS) is 15.4. The van der Waals surface area contributed by atoms with Gasteiger partial charge in [-0.05, 0) is 32.4 Å². The van der Waals surface area contributed by atoms with Gasteiger partial charge in [0.05, 0.1) is 5.01 Å². The number of nitrogens with zero attached hydrogens (tertiary/aromatic N) is 1. The molecule has 0 saturated heterocycles. The SMILES string of the molecule is CNCC(C)C(C)Cc1nc(C)cs1. The smallest absolute Gasteiger partial charge is 0.0930 e.